The summed E-state index contributed by atoms with van der Waals surface area (Å²) < 4.78 is 5.31. The molecule has 0 saturated heterocycles. The van der Waals surface area contributed by atoms with Crippen LogP contribution in [0.3, 0.4) is 0 Å². The minimum absolute atomic E-state index is 0.243. The van der Waals surface area contributed by atoms with Crippen LogP contribution in [0.2, 0.25) is 0 Å². The second kappa shape index (κ2) is 8.83. The van der Waals surface area contributed by atoms with E-state index in [1.165, 1.54) is 19.3 Å². The monoisotopic (exact) mass is 292 g/mol. The number of esters is 1. The summed E-state index contributed by atoms with van der Waals surface area (Å²) in [5, 5.41) is 10.8. The van der Waals surface area contributed by atoms with Crippen LogP contribution < -0.4 is 0 Å². The van der Waals surface area contributed by atoms with Crippen LogP contribution in [0, 0.1) is 5.92 Å². The highest BCUT2D eigenvalue weighted by Gasteiger charge is 2.42. The van der Waals surface area contributed by atoms with Crippen LogP contribution in [0.4, 0.5) is 0 Å². The summed E-state index contributed by atoms with van der Waals surface area (Å²) in [5.41, 5.74) is -0.971. The summed E-state index contributed by atoms with van der Waals surface area (Å²) in [7, 11) is 0. The van der Waals surface area contributed by atoms with E-state index in [0.29, 0.717) is 12.2 Å². The third kappa shape index (κ3) is 4.85. The van der Waals surface area contributed by atoms with Gasteiger partial charge in [-0.25, -0.2) is 4.79 Å². The largest absolute Gasteiger partial charge is 0.463 e. The summed E-state index contributed by atoms with van der Waals surface area (Å²) in [6.07, 6.45) is 5.50. The number of benzene rings is 1. The molecule has 0 spiro atoms. The highest BCUT2D eigenvalue weighted by atomic mass is 16.5. The van der Waals surface area contributed by atoms with Gasteiger partial charge in [-0.1, -0.05) is 76.8 Å². The fourth-order valence-electron chi connectivity index (χ4n) is 2.36. The average Bonchev–Trinajstić information content (AvgIpc) is 2.50. The summed E-state index contributed by atoms with van der Waals surface area (Å²) >= 11 is 0. The standard InChI is InChI=1S/C18H28O3/c1-4-5-6-7-11-14-21-17(19)18(20,15(2)3)16-12-9-8-10-13-16/h8-10,12-13,15,20H,4-7,11,14H2,1-3H3. The maximum Gasteiger partial charge on any atom is 0.343 e. The first kappa shape index (κ1) is 17.7. The second-order valence-electron chi connectivity index (χ2n) is 5.84. The molecule has 1 rings (SSSR count). The smallest absolute Gasteiger partial charge is 0.343 e. The van der Waals surface area contributed by atoms with Crippen molar-refractivity contribution in [3.63, 3.8) is 0 Å². The minimum atomic E-state index is -1.56. The van der Waals surface area contributed by atoms with Crippen molar-refractivity contribution in [2.45, 2.75) is 58.5 Å². The molecule has 0 radical (unpaired) electrons. The van der Waals surface area contributed by atoms with Gasteiger partial charge in [-0.2, -0.15) is 0 Å². The molecule has 0 aliphatic rings. The third-order valence-electron chi connectivity index (χ3n) is 3.84. The molecule has 3 heteroatoms. The van der Waals surface area contributed by atoms with Gasteiger partial charge < -0.3 is 9.84 Å². The van der Waals surface area contributed by atoms with Crippen LogP contribution in [0.1, 0.15) is 58.4 Å². The van der Waals surface area contributed by atoms with Crippen LogP contribution in [0.5, 0.6) is 0 Å². The Hall–Kier alpha value is -1.35. The van der Waals surface area contributed by atoms with Gasteiger partial charge in [0, 0.05) is 0 Å². The molecular formula is C18H28O3. The lowest BCUT2D eigenvalue weighted by Gasteiger charge is -2.30. The lowest BCUT2D eigenvalue weighted by Crippen LogP contribution is -2.42. The van der Waals surface area contributed by atoms with E-state index in [2.05, 4.69) is 6.92 Å². The molecule has 0 heterocycles. The Morgan fingerprint density at radius 2 is 1.76 bits per heavy atom. The van der Waals surface area contributed by atoms with Crippen LogP contribution >= 0.6 is 0 Å². The molecule has 0 aliphatic carbocycles. The maximum absolute atomic E-state index is 12.3. The van der Waals surface area contributed by atoms with Gasteiger partial charge in [0.1, 0.15) is 0 Å². The van der Waals surface area contributed by atoms with Crippen molar-refractivity contribution in [2.24, 2.45) is 5.92 Å². The molecule has 0 fully saturated rings. The van der Waals surface area contributed by atoms with Gasteiger partial charge in [-0.3, -0.25) is 0 Å². The van der Waals surface area contributed by atoms with Gasteiger partial charge in [0.25, 0.3) is 0 Å². The predicted octanol–water partition coefficient (Wildman–Crippen LogP) is 4.04. The summed E-state index contributed by atoms with van der Waals surface area (Å²) in [5.74, 6) is -0.785. The number of aliphatic hydroxyl groups is 1. The van der Waals surface area contributed by atoms with E-state index >= 15 is 0 Å². The molecule has 0 amide bonds. The van der Waals surface area contributed by atoms with Crippen LogP contribution in [-0.4, -0.2) is 17.7 Å². The molecule has 1 unspecified atom stereocenters. The van der Waals surface area contributed by atoms with Gasteiger partial charge in [-0.15, -0.1) is 0 Å². The zero-order chi connectivity index (χ0) is 15.7. The SMILES string of the molecule is CCCCCCCOC(=O)C(O)(c1ccccc1)C(C)C. The number of carbonyl (C=O) groups excluding carboxylic acids is 1. The Balaban J connectivity index is 2.59. The highest BCUT2D eigenvalue weighted by Crippen LogP contribution is 2.31. The Labute approximate surface area is 128 Å². The molecular weight excluding hydrogens is 264 g/mol. The van der Waals surface area contributed by atoms with E-state index < -0.39 is 11.6 Å². The first-order valence-corrected chi connectivity index (χ1v) is 7.98. The van der Waals surface area contributed by atoms with Gasteiger partial charge in [0.15, 0.2) is 5.60 Å². The highest BCUT2D eigenvalue weighted by molar-refractivity contribution is 5.81. The molecule has 0 bridgehead atoms. The number of rotatable bonds is 9. The molecule has 1 atom stereocenters. The van der Waals surface area contributed by atoms with Gasteiger partial charge in [0.2, 0.25) is 0 Å². The third-order valence-corrected chi connectivity index (χ3v) is 3.84. The molecule has 3 nitrogen and oxygen atoms in total. The van der Waals surface area contributed by atoms with Crippen molar-refractivity contribution < 1.29 is 14.6 Å². The van der Waals surface area contributed by atoms with Crippen LogP contribution in [-0.2, 0) is 15.1 Å². The zero-order valence-corrected chi connectivity index (χ0v) is 13.5. The Morgan fingerprint density at radius 1 is 1.14 bits per heavy atom. The van der Waals surface area contributed by atoms with E-state index in [0.717, 1.165) is 12.8 Å². The summed E-state index contributed by atoms with van der Waals surface area (Å²) in [4.78, 5) is 12.3. The first-order valence-electron chi connectivity index (χ1n) is 7.98. The quantitative estimate of drug-likeness (QED) is 0.552. The average molecular weight is 292 g/mol. The number of ether oxygens (including phenoxy) is 1. The Kier molecular flexibility index (Phi) is 7.44. The molecule has 21 heavy (non-hydrogen) atoms. The summed E-state index contributed by atoms with van der Waals surface area (Å²) in [6.45, 7) is 6.21. The first-order chi connectivity index (χ1) is 10.0. The maximum atomic E-state index is 12.3. The lowest BCUT2D eigenvalue weighted by atomic mass is 9.83. The van der Waals surface area contributed by atoms with E-state index in [-0.39, 0.29) is 5.92 Å². The molecule has 0 aliphatic heterocycles. The van der Waals surface area contributed by atoms with E-state index in [4.69, 9.17) is 4.74 Å². The summed E-state index contributed by atoms with van der Waals surface area (Å²) in [6, 6.07) is 9.04. The fraction of sp³-hybridized carbons (Fsp3) is 0.611. The van der Waals surface area contributed by atoms with Crippen molar-refractivity contribution in [3.05, 3.63) is 35.9 Å². The molecule has 0 aromatic heterocycles. The van der Waals surface area contributed by atoms with Crippen molar-refractivity contribution in [2.75, 3.05) is 6.61 Å². The Morgan fingerprint density at radius 3 is 2.33 bits per heavy atom. The topological polar surface area (TPSA) is 46.5 Å². The molecule has 1 aromatic rings. The Bertz CT molecular complexity index is 414. The van der Waals surface area contributed by atoms with Crippen LogP contribution in [0.25, 0.3) is 0 Å². The number of unbranched alkanes of at least 4 members (excludes halogenated alkanes) is 4. The van der Waals surface area contributed by atoms with Crippen molar-refractivity contribution >= 4 is 5.97 Å². The molecule has 118 valence electrons. The van der Waals surface area contributed by atoms with Gasteiger partial charge >= 0.3 is 5.97 Å². The molecule has 1 N–H and O–H groups in total. The van der Waals surface area contributed by atoms with Crippen molar-refractivity contribution in [1.29, 1.82) is 0 Å². The van der Waals surface area contributed by atoms with Crippen molar-refractivity contribution in [1.82, 2.24) is 0 Å². The number of hydrogen-bond acceptors (Lipinski definition) is 3. The second-order valence-corrected chi connectivity index (χ2v) is 5.84. The van der Waals surface area contributed by atoms with Crippen LogP contribution in [0.15, 0.2) is 30.3 Å². The van der Waals surface area contributed by atoms with E-state index in [1.54, 1.807) is 12.1 Å². The minimum Gasteiger partial charge on any atom is -0.463 e. The van der Waals surface area contributed by atoms with Gasteiger partial charge in [-0.05, 0) is 17.9 Å². The number of carbonyl (C=O) groups is 1. The fourth-order valence-corrected chi connectivity index (χ4v) is 2.36. The zero-order valence-electron chi connectivity index (χ0n) is 13.5. The normalized spacial score (nSPS) is 14.0. The lowest BCUT2D eigenvalue weighted by molar-refractivity contribution is -0.172. The number of hydrogen-bond donors (Lipinski definition) is 1. The van der Waals surface area contributed by atoms with E-state index in [1.807, 2.05) is 32.0 Å². The van der Waals surface area contributed by atoms with E-state index in [9.17, 15) is 9.90 Å². The molecule has 0 saturated carbocycles. The molecule has 1 aromatic carbocycles. The van der Waals surface area contributed by atoms with Crippen molar-refractivity contribution in [3.8, 4) is 0 Å². The predicted molar refractivity (Wildman–Crippen MR) is 84.9 cm³/mol. The van der Waals surface area contributed by atoms with Gasteiger partial charge in [0.05, 0.1) is 6.61 Å².